The molecule has 0 aromatic heterocycles. The van der Waals surface area contributed by atoms with Crippen molar-refractivity contribution in [2.75, 3.05) is 10.2 Å². The molecule has 0 saturated heterocycles. The topological polar surface area (TPSA) is 49.4 Å². The van der Waals surface area contributed by atoms with Crippen LogP contribution < -0.4 is 10.2 Å². The van der Waals surface area contributed by atoms with Gasteiger partial charge in [-0.1, -0.05) is 47.5 Å². The Morgan fingerprint density at radius 3 is 2.30 bits per heavy atom. The van der Waals surface area contributed by atoms with Crippen LogP contribution in [0.3, 0.4) is 0 Å². The molecule has 7 heteroatoms. The zero-order valence-corrected chi connectivity index (χ0v) is 17.3. The largest absolute Gasteiger partial charge is 0.350 e. The molecule has 4 rings (SSSR count). The second-order valence-electron chi connectivity index (χ2n) is 6.77. The van der Waals surface area contributed by atoms with Crippen LogP contribution in [0.2, 0.25) is 10.0 Å². The molecule has 30 heavy (non-hydrogen) atoms. The van der Waals surface area contributed by atoms with E-state index < -0.39 is 17.6 Å². The Balaban J connectivity index is 1.83. The Hall–Kier alpha value is -3.15. The quantitative estimate of drug-likeness (QED) is 0.518. The molecule has 0 atom stereocenters. The fraction of sp³-hybridized carbons (Fsp3) is 0.0435. The summed E-state index contributed by atoms with van der Waals surface area (Å²) < 4.78 is 13.7. The molecule has 3 aromatic rings. The maximum Gasteiger partial charge on any atom is 0.282 e. The average molecular weight is 441 g/mol. The molecule has 1 heterocycles. The van der Waals surface area contributed by atoms with Crippen molar-refractivity contribution in [1.29, 1.82) is 0 Å². The van der Waals surface area contributed by atoms with Crippen LogP contribution in [0.15, 0.2) is 72.4 Å². The van der Waals surface area contributed by atoms with Gasteiger partial charge in [0.1, 0.15) is 11.5 Å². The van der Waals surface area contributed by atoms with Crippen LogP contribution in [0.25, 0.3) is 5.57 Å². The molecule has 1 N–H and O–H groups in total. The molecule has 0 saturated carbocycles. The van der Waals surface area contributed by atoms with Gasteiger partial charge in [-0.15, -0.1) is 0 Å². The highest BCUT2D eigenvalue weighted by molar-refractivity contribution is 6.46. The minimum Gasteiger partial charge on any atom is -0.350 e. The van der Waals surface area contributed by atoms with Gasteiger partial charge in [-0.3, -0.25) is 9.59 Å². The SMILES string of the molecule is Cc1ccc(N2C(=O)C(Nc3cccc(F)c3)=C(c3ccc(Cl)cc3)C2=O)cc1Cl. The number of hydrogen-bond donors (Lipinski definition) is 1. The van der Waals surface area contributed by atoms with Gasteiger partial charge in [0, 0.05) is 15.7 Å². The maximum atomic E-state index is 13.7. The van der Waals surface area contributed by atoms with E-state index >= 15 is 0 Å². The number of imide groups is 1. The minimum absolute atomic E-state index is 0.0459. The number of hydrogen-bond acceptors (Lipinski definition) is 3. The summed E-state index contributed by atoms with van der Waals surface area (Å²) in [5, 5.41) is 3.85. The van der Waals surface area contributed by atoms with Gasteiger partial charge in [-0.25, -0.2) is 9.29 Å². The van der Waals surface area contributed by atoms with Crippen LogP contribution >= 0.6 is 23.2 Å². The van der Waals surface area contributed by atoms with Gasteiger partial charge in [0.05, 0.1) is 11.3 Å². The van der Waals surface area contributed by atoms with E-state index in [1.165, 1.54) is 18.2 Å². The number of carbonyl (C=O) groups is 2. The normalized spacial score (nSPS) is 13.9. The van der Waals surface area contributed by atoms with Gasteiger partial charge in [0.2, 0.25) is 0 Å². The lowest BCUT2D eigenvalue weighted by Gasteiger charge is -2.16. The Kier molecular flexibility index (Phi) is 5.33. The maximum absolute atomic E-state index is 13.7. The number of benzene rings is 3. The summed E-state index contributed by atoms with van der Waals surface area (Å²) in [6.07, 6.45) is 0. The zero-order valence-electron chi connectivity index (χ0n) is 15.7. The van der Waals surface area contributed by atoms with E-state index in [1.807, 2.05) is 6.92 Å². The van der Waals surface area contributed by atoms with E-state index in [1.54, 1.807) is 48.5 Å². The number of rotatable bonds is 4. The summed E-state index contributed by atoms with van der Waals surface area (Å²) >= 11 is 12.2. The van der Waals surface area contributed by atoms with E-state index in [-0.39, 0.29) is 11.3 Å². The lowest BCUT2D eigenvalue weighted by atomic mass is 10.0. The molecule has 2 amide bonds. The van der Waals surface area contributed by atoms with Crippen LogP contribution in [0.1, 0.15) is 11.1 Å². The average Bonchev–Trinajstić information content (AvgIpc) is 2.95. The molecule has 0 fully saturated rings. The third-order valence-corrected chi connectivity index (χ3v) is 5.38. The third-order valence-electron chi connectivity index (χ3n) is 4.72. The molecular formula is C23H15Cl2FN2O2. The monoisotopic (exact) mass is 440 g/mol. The second kappa shape index (κ2) is 7.94. The van der Waals surface area contributed by atoms with Crippen molar-refractivity contribution in [2.45, 2.75) is 6.92 Å². The summed E-state index contributed by atoms with van der Waals surface area (Å²) in [7, 11) is 0. The molecule has 0 radical (unpaired) electrons. The van der Waals surface area contributed by atoms with Crippen LogP contribution in [-0.4, -0.2) is 11.8 Å². The Morgan fingerprint density at radius 2 is 1.63 bits per heavy atom. The molecule has 0 aliphatic carbocycles. The lowest BCUT2D eigenvalue weighted by Crippen LogP contribution is -2.32. The van der Waals surface area contributed by atoms with Gasteiger partial charge in [-0.2, -0.15) is 0 Å². The standard InChI is InChI=1S/C23H15Cl2FN2O2/c1-13-5-10-18(12-19(13)25)28-22(29)20(14-6-8-15(24)9-7-14)21(23(28)30)27-17-4-2-3-16(26)11-17/h2-12,27H,1H3. The highest BCUT2D eigenvalue weighted by Gasteiger charge is 2.40. The molecule has 1 aliphatic rings. The van der Waals surface area contributed by atoms with Crippen molar-refractivity contribution in [2.24, 2.45) is 0 Å². The highest BCUT2D eigenvalue weighted by Crippen LogP contribution is 2.35. The Bertz CT molecular complexity index is 1210. The number of nitrogens with zero attached hydrogens (tertiary/aromatic N) is 1. The van der Waals surface area contributed by atoms with Crippen molar-refractivity contribution in [3.8, 4) is 0 Å². The van der Waals surface area contributed by atoms with Gasteiger partial charge in [-0.05, 0) is 60.5 Å². The van der Waals surface area contributed by atoms with E-state index in [4.69, 9.17) is 23.2 Å². The first-order chi connectivity index (χ1) is 14.3. The first-order valence-electron chi connectivity index (χ1n) is 9.03. The van der Waals surface area contributed by atoms with Gasteiger partial charge in [0.15, 0.2) is 0 Å². The van der Waals surface area contributed by atoms with Gasteiger partial charge < -0.3 is 5.32 Å². The van der Waals surface area contributed by atoms with E-state index in [0.29, 0.717) is 27.0 Å². The fourth-order valence-corrected chi connectivity index (χ4v) is 3.50. The van der Waals surface area contributed by atoms with Crippen molar-refractivity contribution >= 4 is 52.0 Å². The van der Waals surface area contributed by atoms with Crippen LogP contribution in [0, 0.1) is 12.7 Å². The van der Waals surface area contributed by atoms with Crippen molar-refractivity contribution < 1.29 is 14.0 Å². The number of carbonyl (C=O) groups excluding carboxylic acids is 2. The molecule has 150 valence electrons. The number of anilines is 2. The molecular weight excluding hydrogens is 426 g/mol. The first-order valence-corrected chi connectivity index (χ1v) is 9.78. The van der Waals surface area contributed by atoms with Crippen molar-refractivity contribution in [1.82, 2.24) is 0 Å². The number of halogens is 3. The molecule has 3 aromatic carbocycles. The smallest absolute Gasteiger partial charge is 0.282 e. The summed E-state index contributed by atoms with van der Waals surface area (Å²) in [6, 6.07) is 17.2. The van der Waals surface area contributed by atoms with E-state index in [0.717, 1.165) is 10.5 Å². The summed E-state index contributed by atoms with van der Waals surface area (Å²) in [4.78, 5) is 27.6. The van der Waals surface area contributed by atoms with E-state index in [2.05, 4.69) is 5.32 Å². The number of aryl methyl sites for hydroxylation is 1. The van der Waals surface area contributed by atoms with Crippen LogP contribution in [0.5, 0.6) is 0 Å². The Labute approximate surface area is 182 Å². The number of nitrogens with one attached hydrogen (secondary N) is 1. The second-order valence-corrected chi connectivity index (χ2v) is 7.62. The molecule has 1 aliphatic heterocycles. The summed E-state index contributed by atoms with van der Waals surface area (Å²) in [5.74, 6) is -1.54. The predicted molar refractivity (Wildman–Crippen MR) is 117 cm³/mol. The van der Waals surface area contributed by atoms with Crippen molar-refractivity contribution in [3.63, 3.8) is 0 Å². The molecule has 0 spiro atoms. The molecule has 4 nitrogen and oxygen atoms in total. The number of amides is 2. The first kappa shape index (κ1) is 20.1. The van der Waals surface area contributed by atoms with Crippen LogP contribution in [-0.2, 0) is 9.59 Å². The molecule has 0 unspecified atom stereocenters. The highest BCUT2D eigenvalue weighted by atomic mass is 35.5. The lowest BCUT2D eigenvalue weighted by molar-refractivity contribution is -0.120. The van der Waals surface area contributed by atoms with Crippen LogP contribution in [0.4, 0.5) is 15.8 Å². The van der Waals surface area contributed by atoms with Gasteiger partial charge >= 0.3 is 0 Å². The minimum atomic E-state index is -0.561. The third kappa shape index (κ3) is 3.70. The van der Waals surface area contributed by atoms with E-state index in [9.17, 15) is 14.0 Å². The molecule has 0 bridgehead atoms. The predicted octanol–water partition coefficient (Wildman–Crippen LogP) is 5.84. The zero-order chi connectivity index (χ0) is 21.4. The van der Waals surface area contributed by atoms with Crippen molar-refractivity contribution in [3.05, 3.63) is 99.4 Å². The fourth-order valence-electron chi connectivity index (χ4n) is 3.20. The van der Waals surface area contributed by atoms with Gasteiger partial charge in [0.25, 0.3) is 11.8 Å². The summed E-state index contributed by atoms with van der Waals surface area (Å²) in [5.41, 5.74) is 2.24. The Morgan fingerprint density at radius 1 is 0.900 bits per heavy atom. The summed E-state index contributed by atoms with van der Waals surface area (Å²) in [6.45, 7) is 1.83.